The molecule has 150 valence electrons. The maximum absolute atomic E-state index is 11.5. The lowest BCUT2D eigenvalue weighted by molar-refractivity contribution is -0.908. The largest absolute Gasteiger partial charge is 0.378 e. The summed E-state index contributed by atoms with van der Waals surface area (Å²) >= 11 is 0. The van der Waals surface area contributed by atoms with Crippen molar-refractivity contribution < 1.29 is 14.6 Å². The minimum atomic E-state index is -0.471. The Kier molecular flexibility index (Phi) is 6.99. The van der Waals surface area contributed by atoms with Gasteiger partial charge >= 0.3 is 5.69 Å². The number of aromatic nitrogens is 2. The lowest BCUT2D eigenvalue weighted by Gasteiger charge is -2.24. The fourth-order valence-corrected chi connectivity index (χ4v) is 3.67. The summed E-state index contributed by atoms with van der Waals surface area (Å²) in [5, 5.41) is 14.7. The van der Waals surface area contributed by atoms with Crippen LogP contribution in [0.15, 0.2) is 0 Å². The standard InChI is InChI=1S/C17H29N7O3/c18-15-14(24(25)26)16(23-8-3-1-2-4-9-23)21-17(20-15)19-6-5-7-22-10-12-27-13-11-22/h1-13H2,(H3,18,19,20,21)/p+1. The highest BCUT2D eigenvalue weighted by atomic mass is 16.6. The molecule has 0 spiro atoms. The van der Waals surface area contributed by atoms with Crippen LogP contribution in [0.25, 0.3) is 0 Å². The molecule has 0 atom stereocenters. The molecule has 0 aromatic carbocycles. The molecule has 10 nitrogen and oxygen atoms in total. The molecule has 3 rings (SSSR count). The van der Waals surface area contributed by atoms with E-state index in [1.54, 1.807) is 0 Å². The number of nitrogen functional groups attached to an aromatic ring is 1. The van der Waals surface area contributed by atoms with Gasteiger partial charge in [-0.25, -0.2) is 0 Å². The van der Waals surface area contributed by atoms with Gasteiger partial charge in [-0.1, -0.05) is 12.8 Å². The van der Waals surface area contributed by atoms with Gasteiger partial charge in [-0.15, -0.1) is 0 Å². The van der Waals surface area contributed by atoms with E-state index in [-0.39, 0.29) is 11.5 Å². The van der Waals surface area contributed by atoms with Crippen LogP contribution >= 0.6 is 0 Å². The first-order valence-corrected chi connectivity index (χ1v) is 9.87. The Hall–Kier alpha value is -2.20. The number of hydrogen-bond acceptors (Lipinski definition) is 8. The number of nitrogens with two attached hydrogens (primary N) is 1. The molecule has 10 heteroatoms. The van der Waals surface area contributed by atoms with Gasteiger partial charge in [0, 0.05) is 26.1 Å². The van der Waals surface area contributed by atoms with Crippen molar-refractivity contribution in [1.29, 1.82) is 0 Å². The van der Waals surface area contributed by atoms with Gasteiger partial charge in [0.15, 0.2) is 0 Å². The summed E-state index contributed by atoms with van der Waals surface area (Å²) < 4.78 is 5.37. The van der Waals surface area contributed by atoms with Crippen LogP contribution in [0.3, 0.4) is 0 Å². The van der Waals surface area contributed by atoms with Gasteiger partial charge in [0.1, 0.15) is 13.1 Å². The predicted octanol–water partition coefficient (Wildman–Crippen LogP) is 0.0645. The van der Waals surface area contributed by atoms with Gasteiger partial charge in [-0.2, -0.15) is 9.97 Å². The Morgan fingerprint density at radius 1 is 1.19 bits per heavy atom. The number of morpholine rings is 1. The van der Waals surface area contributed by atoms with Crippen LogP contribution in [0.5, 0.6) is 0 Å². The molecular weight excluding hydrogens is 350 g/mol. The fourth-order valence-electron chi connectivity index (χ4n) is 3.67. The van der Waals surface area contributed by atoms with Crippen LogP contribution in [0.2, 0.25) is 0 Å². The SMILES string of the molecule is Nc1nc(NCCC[NH+]2CCOCC2)nc(N2CCCCCC2)c1[N+](=O)[O-]. The van der Waals surface area contributed by atoms with Gasteiger partial charge in [-0.05, 0) is 12.8 Å². The second-order valence-electron chi connectivity index (χ2n) is 7.16. The van der Waals surface area contributed by atoms with Crippen molar-refractivity contribution in [2.75, 3.05) is 68.4 Å². The van der Waals surface area contributed by atoms with E-state index in [1.807, 2.05) is 4.90 Å². The average molecular weight is 380 g/mol. The number of nitrogens with one attached hydrogen (secondary N) is 2. The van der Waals surface area contributed by atoms with Crippen molar-refractivity contribution in [3.8, 4) is 0 Å². The van der Waals surface area contributed by atoms with Crippen molar-refractivity contribution in [1.82, 2.24) is 9.97 Å². The maximum atomic E-state index is 11.5. The van der Waals surface area contributed by atoms with Crippen LogP contribution in [0.4, 0.5) is 23.3 Å². The van der Waals surface area contributed by atoms with E-state index in [0.717, 1.165) is 78.0 Å². The number of nitro groups is 1. The molecule has 3 heterocycles. The predicted molar refractivity (Wildman–Crippen MR) is 103 cm³/mol. The number of anilines is 3. The molecule has 0 aliphatic carbocycles. The van der Waals surface area contributed by atoms with E-state index in [4.69, 9.17) is 10.5 Å². The number of quaternary nitrogens is 1. The molecule has 0 radical (unpaired) electrons. The summed E-state index contributed by atoms with van der Waals surface area (Å²) in [6.45, 7) is 7.02. The number of nitrogens with zero attached hydrogens (tertiary/aromatic N) is 4. The van der Waals surface area contributed by atoms with E-state index >= 15 is 0 Å². The van der Waals surface area contributed by atoms with E-state index in [1.165, 1.54) is 4.90 Å². The maximum Gasteiger partial charge on any atom is 0.353 e. The fraction of sp³-hybridized carbons (Fsp3) is 0.765. The molecule has 0 amide bonds. The van der Waals surface area contributed by atoms with Crippen LogP contribution in [0, 0.1) is 10.1 Å². The molecular formula is C17H30N7O3+. The lowest BCUT2D eigenvalue weighted by atomic mass is 10.2. The summed E-state index contributed by atoms with van der Waals surface area (Å²) in [6.07, 6.45) is 5.26. The molecule has 1 aromatic rings. The molecule has 27 heavy (non-hydrogen) atoms. The molecule has 2 saturated heterocycles. The highest BCUT2D eigenvalue weighted by molar-refractivity contribution is 5.71. The first kappa shape index (κ1) is 19.6. The number of hydrogen-bond donors (Lipinski definition) is 3. The third-order valence-electron chi connectivity index (χ3n) is 5.17. The number of ether oxygens (including phenoxy) is 1. The third kappa shape index (κ3) is 5.39. The first-order chi connectivity index (χ1) is 13.1. The molecule has 0 saturated carbocycles. The zero-order valence-corrected chi connectivity index (χ0v) is 15.8. The molecule has 0 bridgehead atoms. The zero-order valence-electron chi connectivity index (χ0n) is 15.8. The summed E-state index contributed by atoms with van der Waals surface area (Å²) in [7, 11) is 0. The Bertz CT molecular complexity index is 629. The second kappa shape index (κ2) is 9.65. The third-order valence-corrected chi connectivity index (χ3v) is 5.17. The van der Waals surface area contributed by atoms with Gasteiger partial charge in [-0.3, -0.25) is 10.1 Å². The zero-order chi connectivity index (χ0) is 19.1. The lowest BCUT2D eigenvalue weighted by Crippen LogP contribution is -3.14. The van der Waals surface area contributed by atoms with Crippen molar-refractivity contribution in [3.63, 3.8) is 0 Å². The van der Waals surface area contributed by atoms with Crippen molar-refractivity contribution in [2.45, 2.75) is 32.1 Å². The minimum absolute atomic E-state index is 0.0736. The summed E-state index contributed by atoms with van der Waals surface area (Å²) in [6, 6.07) is 0. The van der Waals surface area contributed by atoms with Crippen LogP contribution in [-0.4, -0.2) is 67.4 Å². The molecule has 0 unspecified atom stereocenters. The molecule has 2 aliphatic heterocycles. The molecule has 2 fully saturated rings. The quantitative estimate of drug-likeness (QED) is 0.345. The monoisotopic (exact) mass is 380 g/mol. The van der Waals surface area contributed by atoms with E-state index in [2.05, 4.69) is 15.3 Å². The van der Waals surface area contributed by atoms with Crippen molar-refractivity contribution >= 4 is 23.3 Å². The van der Waals surface area contributed by atoms with Crippen LogP contribution in [-0.2, 0) is 4.74 Å². The normalized spacial score (nSPS) is 18.9. The topological polar surface area (TPSA) is 124 Å². The average Bonchev–Trinajstić information content (AvgIpc) is 2.95. The molecule has 2 aliphatic rings. The van der Waals surface area contributed by atoms with E-state index in [0.29, 0.717) is 18.3 Å². The first-order valence-electron chi connectivity index (χ1n) is 9.87. The Labute approximate surface area is 159 Å². The van der Waals surface area contributed by atoms with Crippen molar-refractivity contribution in [3.05, 3.63) is 10.1 Å². The summed E-state index contributed by atoms with van der Waals surface area (Å²) in [4.78, 5) is 23.1. The van der Waals surface area contributed by atoms with Gasteiger partial charge in [0.2, 0.25) is 17.6 Å². The van der Waals surface area contributed by atoms with Gasteiger partial charge < -0.3 is 25.6 Å². The molecule has 1 aromatic heterocycles. The number of rotatable bonds is 7. The Morgan fingerprint density at radius 3 is 2.56 bits per heavy atom. The Balaban J connectivity index is 1.65. The van der Waals surface area contributed by atoms with Gasteiger partial charge in [0.05, 0.1) is 24.7 Å². The van der Waals surface area contributed by atoms with E-state index in [9.17, 15) is 10.1 Å². The van der Waals surface area contributed by atoms with Gasteiger partial charge in [0.25, 0.3) is 0 Å². The Morgan fingerprint density at radius 2 is 1.89 bits per heavy atom. The van der Waals surface area contributed by atoms with Crippen LogP contribution < -0.4 is 20.9 Å². The highest BCUT2D eigenvalue weighted by Gasteiger charge is 2.27. The van der Waals surface area contributed by atoms with Crippen molar-refractivity contribution in [2.24, 2.45) is 0 Å². The second-order valence-corrected chi connectivity index (χ2v) is 7.16. The van der Waals surface area contributed by atoms with E-state index < -0.39 is 4.92 Å². The minimum Gasteiger partial charge on any atom is -0.378 e. The smallest absolute Gasteiger partial charge is 0.353 e. The summed E-state index contributed by atoms with van der Waals surface area (Å²) in [5.74, 6) is 0.639. The van der Waals surface area contributed by atoms with Crippen LogP contribution in [0.1, 0.15) is 32.1 Å². The molecule has 4 N–H and O–H groups in total. The summed E-state index contributed by atoms with van der Waals surface area (Å²) in [5.41, 5.74) is 5.73. The highest BCUT2D eigenvalue weighted by Crippen LogP contribution is 2.33.